The van der Waals surface area contributed by atoms with Crippen LogP contribution in [-0.4, -0.2) is 26.9 Å². The van der Waals surface area contributed by atoms with E-state index in [1.807, 2.05) is 6.92 Å². The Morgan fingerprint density at radius 3 is 2.80 bits per heavy atom. The van der Waals surface area contributed by atoms with Gasteiger partial charge < -0.3 is 4.74 Å². The van der Waals surface area contributed by atoms with Crippen molar-refractivity contribution in [2.45, 2.75) is 6.92 Å². The summed E-state index contributed by atoms with van der Waals surface area (Å²) in [4.78, 5) is 8.06. The number of aromatic nitrogens is 4. The largest absolute Gasteiger partial charge is 0.479 e. The number of nitrogens with zero attached hydrogens (tertiary/aromatic N) is 4. The highest BCUT2D eigenvalue weighted by Crippen LogP contribution is 2.21. The van der Waals surface area contributed by atoms with Crippen LogP contribution in [-0.2, 0) is 0 Å². The van der Waals surface area contributed by atoms with Gasteiger partial charge in [0.05, 0.1) is 7.11 Å². The Bertz CT molecular complexity index is 483. The third kappa shape index (κ3) is 1.92. The lowest BCUT2D eigenvalue weighted by atomic mass is 10.4. The third-order valence-electron chi connectivity index (χ3n) is 1.85. The zero-order valence-corrected chi connectivity index (χ0v) is 9.06. The van der Waals surface area contributed by atoms with E-state index in [9.17, 15) is 0 Å². The van der Waals surface area contributed by atoms with Gasteiger partial charge in [-0.05, 0) is 19.1 Å². The van der Waals surface area contributed by atoms with Crippen molar-refractivity contribution in [2.75, 3.05) is 7.11 Å². The minimum absolute atomic E-state index is 0.382. The monoisotopic (exact) mass is 224 g/mol. The Kier molecular flexibility index (Phi) is 2.55. The smallest absolute Gasteiger partial charge is 0.241 e. The number of hydrogen-bond acceptors (Lipinski definition) is 4. The molecule has 0 spiro atoms. The molecule has 5 nitrogen and oxygen atoms in total. The molecule has 0 unspecified atom stereocenters. The van der Waals surface area contributed by atoms with Crippen LogP contribution in [0, 0.1) is 6.92 Å². The predicted octanol–water partition coefficient (Wildman–Crippen LogP) is 1.63. The molecule has 0 radical (unpaired) electrons. The van der Waals surface area contributed by atoms with E-state index in [1.165, 1.54) is 7.11 Å². The van der Waals surface area contributed by atoms with Gasteiger partial charge in [-0.2, -0.15) is 10.1 Å². The van der Waals surface area contributed by atoms with Gasteiger partial charge in [-0.1, -0.05) is 11.6 Å². The second kappa shape index (κ2) is 3.86. The molecule has 0 aromatic carbocycles. The van der Waals surface area contributed by atoms with Gasteiger partial charge in [-0.25, -0.2) is 9.67 Å². The highest BCUT2D eigenvalue weighted by Gasteiger charge is 2.08. The van der Waals surface area contributed by atoms with Crippen molar-refractivity contribution in [2.24, 2.45) is 0 Å². The van der Waals surface area contributed by atoms with Gasteiger partial charge in [0.2, 0.25) is 5.88 Å². The Balaban J connectivity index is 2.52. The molecule has 6 heteroatoms. The molecule has 15 heavy (non-hydrogen) atoms. The molecule has 2 heterocycles. The highest BCUT2D eigenvalue weighted by atomic mass is 35.5. The zero-order chi connectivity index (χ0) is 10.8. The average Bonchev–Trinajstić information content (AvgIpc) is 2.64. The fraction of sp³-hybridized carbons (Fsp3) is 0.222. The highest BCUT2D eigenvalue weighted by molar-refractivity contribution is 6.29. The van der Waals surface area contributed by atoms with Crippen molar-refractivity contribution in [1.82, 2.24) is 19.7 Å². The molecule has 0 N–H and O–H groups in total. The molecule has 0 atom stereocenters. The molecule has 78 valence electrons. The fourth-order valence-electron chi connectivity index (χ4n) is 1.20. The van der Waals surface area contributed by atoms with Crippen molar-refractivity contribution < 1.29 is 4.74 Å². The van der Waals surface area contributed by atoms with Gasteiger partial charge in [0, 0.05) is 0 Å². The van der Waals surface area contributed by atoms with Crippen LogP contribution in [0.3, 0.4) is 0 Å². The van der Waals surface area contributed by atoms with Gasteiger partial charge in [0.1, 0.15) is 23.0 Å². The normalized spacial score (nSPS) is 10.3. The molecule has 2 rings (SSSR count). The molecule has 0 saturated heterocycles. The number of hydrogen-bond donors (Lipinski definition) is 0. The zero-order valence-electron chi connectivity index (χ0n) is 8.31. The van der Waals surface area contributed by atoms with E-state index in [0.29, 0.717) is 22.5 Å². The molecule has 0 amide bonds. The van der Waals surface area contributed by atoms with Gasteiger partial charge in [0.15, 0.2) is 0 Å². The molecule has 0 aliphatic carbocycles. The Morgan fingerprint density at radius 2 is 2.20 bits per heavy atom. The molecule has 2 aromatic rings. The number of pyridine rings is 1. The van der Waals surface area contributed by atoms with Crippen molar-refractivity contribution in [3.05, 3.63) is 29.4 Å². The summed E-state index contributed by atoms with van der Waals surface area (Å²) in [7, 11) is 1.53. The first-order chi connectivity index (χ1) is 7.20. The van der Waals surface area contributed by atoms with E-state index < -0.39 is 0 Å². The first kappa shape index (κ1) is 9.92. The van der Waals surface area contributed by atoms with Crippen molar-refractivity contribution in [1.29, 1.82) is 0 Å². The SMILES string of the molecule is COc1nc(Cl)ccc1-n1cnc(C)n1. The standard InChI is InChI=1S/C9H9ClN4O/c1-6-11-5-14(13-6)7-3-4-8(10)12-9(7)15-2/h3-5H,1-2H3. The summed E-state index contributed by atoms with van der Waals surface area (Å²) in [5.74, 6) is 1.11. The van der Waals surface area contributed by atoms with Crippen molar-refractivity contribution in [3.63, 3.8) is 0 Å². The predicted molar refractivity (Wildman–Crippen MR) is 55.5 cm³/mol. The van der Waals surface area contributed by atoms with E-state index in [-0.39, 0.29) is 0 Å². The van der Waals surface area contributed by atoms with Crippen molar-refractivity contribution in [3.8, 4) is 11.6 Å². The second-order valence-corrected chi connectivity index (χ2v) is 3.29. The minimum atomic E-state index is 0.382. The lowest BCUT2D eigenvalue weighted by Gasteiger charge is -2.06. The van der Waals surface area contributed by atoms with E-state index in [0.717, 1.165) is 0 Å². The van der Waals surface area contributed by atoms with E-state index in [2.05, 4.69) is 15.1 Å². The fourth-order valence-corrected chi connectivity index (χ4v) is 1.34. The van der Waals surface area contributed by atoms with Crippen LogP contribution in [0.2, 0.25) is 5.15 Å². The number of aryl methyl sites for hydroxylation is 1. The molecule has 0 fully saturated rings. The van der Waals surface area contributed by atoms with Gasteiger partial charge >= 0.3 is 0 Å². The summed E-state index contributed by atoms with van der Waals surface area (Å²) >= 11 is 5.75. The first-order valence-electron chi connectivity index (χ1n) is 4.30. The van der Waals surface area contributed by atoms with Crippen LogP contribution in [0.1, 0.15) is 5.82 Å². The molecule has 0 bridgehead atoms. The third-order valence-corrected chi connectivity index (χ3v) is 2.06. The summed E-state index contributed by atoms with van der Waals surface area (Å²) in [6.07, 6.45) is 1.60. The Morgan fingerprint density at radius 1 is 1.40 bits per heavy atom. The minimum Gasteiger partial charge on any atom is -0.479 e. The average molecular weight is 225 g/mol. The van der Waals surface area contributed by atoms with E-state index in [1.54, 1.807) is 23.1 Å². The molecular weight excluding hydrogens is 216 g/mol. The summed E-state index contributed by atoms with van der Waals surface area (Å²) in [5, 5.41) is 4.54. The second-order valence-electron chi connectivity index (χ2n) is 2.90. The maximum Gasteiger partial charge on any atom is 0.241 e. The van der Waals surface area contributed by atoms with Crippen LogP contribution in [0.4, 0.5) is 0 Å². The van der Waals surface area contributed by atoms with Crippen LogP contribution >= 0.6 is 11.6 Å². The maximum absolute atomic E-state index is 5.75. The van der Waals surface area contributed by atoms with Gasteiger partial charge in [0.25, 0.3) is 0 Å². The molecule has 0 aliphatic rings. The molecule has 0 saturated carbocycles. The summed E-state index contributed by atoms with van der Waals surface area (Å²) in [6.45, 7) is 1.81. The van der Waals surface area contributed by atoms with E-state index >= 15 is 0 Å². The maximum atomic E-state index is 5.75. The topological polar surface area (TPSA) is 52.8 Å². The summed E-state index contributed by atoms with van der Waals surface area (Å²) < 4.78 is 6.70. The summed E-state index contributed by atoms with van der Waals surface area (Å²) in [5.41, 5.74) is 0.711. The number of rotatable bonds is 2. The van der Waals surface area contributed by atoms with Crippen LogP contribution in [0.25, 0.3) is 5.69 Å². The molecule has 2 aromatic heterocycles. The van der Waals surface area contributed by atoms with E-state index in [4.69, 9.17) is 16.3 Å². The first-order valence-corrected chi connectivity index (χ1v) is 4.67. The Labute approximate surface area is 91.7 Å². The van der Waals surface area contributed by atoms with Crippen LogP contribution in [0.15, 0.2) is 18.5 Å². The number of halogens is 1. The van der Waals surface area contributed by atoms with Gasteiger partial charge in [-0.3, -0.25) is 0 Å². The summed E-state index contributed by atoms with van der Waals surface area (Å²) in [6, 6.07) is 3.46. The van der Waals surface area contributed by atoms with Crippen LogP contribution in [0.5, 0.6) is 5.88 Å². The lowest BCUT2D eigenvalue weighted by Crippen LogP contribution is -2.00. The van der Waals surface area contributed by atoms with Crippen molar-refractivity contribution >= 4 is 11.6 Å². The number of methoxy groups -OCH3 is 1. The molecular formula is C9H9ClN4O. The molecule has 0 aliphatic heterocycles. The lowest BCUT2D eigenvalue weighted by molar-refractivity contribution is 0.395. The number of ether oxygens (including phenoxy) is 1. The van der Waals surface area contributed by atoms with Gasteiger partial charge in [-0.15, -0.1) is 0 Å². The van der Waals surface area contributed by atoms with Crippen LogP contribution < -0.4 is 4.74 Å². The quantitative estimate of drug-likeness (QED) is 0.728. The Hall–Kier alpha value is -1.62.